The van der Waals surface area contributed by atoms with Gasteiger partial charge in [0.05, 0.1) is 39.1 Å². The number of allylic oxidation sites excluding steroid dienone is 2. The zero-order valence-electron chi connectivity index (χ0n) is 35.7. The van der Waals surface area contributed by atoms with Crippen molar-refractivity contribution in [3.8, 4) is 33.9 Å². The molecule has 306 valence electrons. The van der Waals surface area contributed by atoms with E-state index in [4.69, 9.17) is 15.0 Å². The smallest absolute Gasteiger partial charge is 0.258 e. The van der Waals surface area contributed by atoms with Gasteiger partial charge in [0.1, 0.15) is 0 Å². The van der Waals surface area contributed by atoms with E-state index in [1.165, 1.54) is 72.3 Å². The summed E-state index contributed by atoms with van der Waals surface area (Å²) in [5.41, 5.74) is 24.7. The third-order valence-corrected chi connectivity index (χ3v) is 13.7. The molecule has 0 aliphatic heterocycles. The van der Waals surface area contributed by atoms with Crippen LogP contribution in [0.15, 0.2) is 84.9 Å². The summed E-state index contributed by atoms with van der Waals surface area (Å²) in [5, 5.41) is 11.9. The summed E-state index contributed by atoms with van der Waals surface area (Å²) in [6.07, 6.45) is 21.3. The lowest BCUT2D eigenvalue weighted by molar-refractivity contribution is -0.384. The van der Waals surface area contributed by atoms with Gasteiger partial charge in [0.25, 0.3) is 5.69 Å². The van der Waals surface area contributed by atoms with Crippen LogP contribution in [-0.2, 0) is 51.4 Å². The molecule has 0 bridgehead atoms. The van der Waals surface area contributed by atoms with E-state index in [2.05, 4.69) is 86.7 Å². The zero-order valence-corrected chi connectivity index (χ0v) is 35.7. The van der Waals surface area contributed by atoms with Crippen LogP contribution < -0.4 is 0 Å². The highest BCUT2D eigenvalue weighted by molar-refractivity contribution is 5.91. The van der Waals surface area contributed by atoms with Crippen molar-refractivity contribution in [3.63, 3.8) is 0 Å². The van der Waals surface area contributed by atoms with Gasteiger partial charge in [-0.15, -0.1) is 0 Å². The van der Waals surface area contributed by atoms with Crippen LogP contribution in [0.25, 0.3) is 57.2 Å². The van der Waals surface area contributed by atoms with Crippen LogP contribution in [0.3, 0.4) is 0 Å². The molecule has 61 heavy (non-hydrogen) atoms. The molecule has 0 saturated heterocycles. The van der Waals surface area contributed by atoms with Gasteiger partial charge in [0, 0.05) is 12.1 Å². The summed E-state index contributed by atoms with van der Waals surface area (Å²) in [4.78, 5) is 29.0. The molecule has 10 rings (SSSR count). The Hall–Kier alpha value is -6.01. The number of fused-ring (bicyclic) bond motifs is 8. The second-order valence-corrected chi connectivity index (χ2v) is 17.5. The summed E-state index contributed by atoms with van der Waals surface area (Å²) in [7, 11) is 0. The van der Waals surface area contributed by atoms with Crippen LogP contribution in [0.1, 0.15) is 132 Å². The molecule has 4 aliphatic carbocycles. The molecule has 3 aromatic heterocycles. The molecule has 0 radical (unpaired) electrons. The zero-order chi connectivity index (χ0) is 41.5. The topological polar surface area (TPSA) is 81.8 Å². The van der Waals surface area contributed by atoms with Gasteiger partial charge in [0.2, 0.25) is 0 Å². The van der Waals surface area contributed by atoms with Crippen molar-refractivity contribution < 1.29 is 4.92 Å². The number of benzene rings is 3. The fourth-order valence-electron chi connectivity index (χ4n) is 10.8. The Bertz CT molecular complexity index is 2570. The molecule has 6 heteroatoms. The van der Waals surface area contributed by atoms with Crippen LogP contribution in [0.4, 0.5) is 5.69 Å². The first-order valence-corrected chi connectivity index (χ1v) is 22.9. The number of pyridine rings is 3. The number of rotatable bonds is 10. The summed E-state index contributed by atoms with van der Waals surface area (Å²) in [5.74, 6) is 0. The summed E-state index contributed by atoms with van der Waals surface area (Å²) in [6.45, 7) is 4.58. The molecule has 0 unspecified atom stereocenters. The van der Waals surface area contributed by atoms with Crippen LogP contribution in [0, 0.1) is 10.1 Å². The Kier molecular flexibility index (Phi) is 10.8. The van der Waals surface area contributed by atoms with Gasteiger partial charge in [-0.05, 0) is 192 Å². The molecule has 6 nitrogen and oxygen atoms in total. The lowest BCUT2D eigenvalue weighted by Gasteiger charge is -2.33. The monoisotopic (exact) mass is 802 g/mol. The van der Waals surface area contributed by atoms with Crippen LogP contribution >= 0.6 is 0 Å². The van der Waals surface area contributed by atoms with Crippen molar-refractivity contribution >= 4 is 29.0 Å². The number of hydrogen-bond acceptors (Lipinski definition) is 5. The van der Waals surface area contributed by atoms with Crippen molar-refractivity contribution in [3.05, 3.63) is 162 Å². The highest BCUT2D eigenvalue weighted by Crippen LogP contribution is 2.49. The normalized spacial score (nSPS) is 16.3. The van der Waals surface area contributed by atoms with Gasteiger partial charge in [-0.25, -0.2) is 15.0 Å². The second-order valence-electron chi connectivity index (χ2n) is 17.5. The highest BCUT2D eigenvalue weighted by atomic mass is 16.6. The largest absolute Gasteiger partial charge is 0.269 e. The minimum Gasteiger partial charge on any atom is -0.258 e. The van der Waals surface area contributed by atoms with Gasteiger partial charge in [-0.2, -0.15) is 0 Å². The van der Waals surface area contributed by atoms with Crippen molar-refractivity contribution in [2.75, 3.05) is 0 Å². The van der Waals surface area contributed by atoms with E-state index in [0.717, 1.165) is 142 Å². The van der Waals surface area contributed by atoms with E-state index in [9.17, 15) is 10.1 Å². The molecular formula is C55H54N4O2. The number of hydrogen-bond donors (Lipinski definition) is 0. The Labute approximate surface area is 360 Å². The van der Waals surface area contributed by atoms with E-state index < -0.39 is 0 Å². The number of unbranched alkanes of at least 4 members (excludes halogenated alkanes) is 2. The summed E-state index contributed by atoms with van der Waals surface area (Å²) in [6, 6.07) is 28.6. The summed E-state index contributed by atoms with van der Waals surface area (Å²) >= 11 is 0. The van der Waals surface area contributed by atoms with Crippen LogP contribution in [0.2, 0.25) is 0 Å². The summed E-state index contributed by atoms with van der Waals surface area (Å²) < 4.78 is 0. The van der Waals surface area contributed by atoms with Gasteiger partial charge in [-0.1, -0.05) is 87.4 Å². The first-order valence-electron chi connectivity index (χ1n) is 22.9. The molecule has 0 spiro atoms. The number of non-ortho nitro benzene ring substituents is 1. The predicted molar refractivity (Wildman–Crippen MR) is 249 cm³/mol. The maximum atomic E-state index is 11.9. The molecule has 0 saturated carbocycles. The van der Waals surface area contributed by atoms with E-state index in [1.807, 2.05) is 12.1 Å². The maximum Gasteiger partial charge on any atom is 0.269 e. The van der Waals surface area contributed by atoms with Crippen molar-refractivity contribution in [2.45, 2.75) is 117 Å². The fourth-order valence-corrected chi connectivity index (χ4v) is 10.8. The molecule has 4 aliphatic rings. The van der Waals surface area contributed by atoms with Crippen molar-refractivity contribution in [1.29, 1.82) is 0 Å². The minimum absolute atomic E-state index is 0.106. The minimum atomic E-state index is -0.301. The average Bonchev–Trinajstić information content (AvgIpc) is 3.29. The van der Waals surface area contributed by atoms with E-state index in [1.54, 1.807) is 12.1 Å². The quantitative estimate of drug-likeness (QED) is 0.102. The third kappa shape index (κ3) is 7.24. The average molecular weight is 803 g/mol. The van der Waals surface area contributed by atoms with E-state index in [0.29, 0.717) is 0 Å². The second kappa shape index (κ2) is 16.8. The Morgan fingerprint density at radius 3 is 1.36 bits per heavy atom. The van der Waals surface area contributed by atoms with Crippen LogP contribution in [-0.4, -0.2) is 19.9 Å². The van der Waals surface area contributed by atoms with Crippen molar-refractivity contribution in [1.82, 2.24) is 15.0 Å². The van der Waals surface area contributed by atoms with Gasteiger partial charge >= 0.3 is 0 Å². The van der Waals surface area contributed by atoms with Crippen molar-refractivity contribution in [2.24, 2.45) is 0 Å². The molecule has 3 heterocycles. The molecular weight excluding hydrogens is 749 g/mol. The number of nitro benzene ring substituents is 1. The number of nitro groups is 1. The molecule has 0 N–H and O–H groups in total. The lowest BCUT2D eigenvalue weighted by Crippen LogP contribution is -2.21. The molecule has 6 aromatic rings. The molecule has 3 aromatic carbocycles. The predicted octanol–water partition coefficient (Wildman–Crippen LogP) is 13.4. The molecule has 0 fully saturated rings. The Morgan fingerprint density at radius 1 is 0.508 bits per heavy atom. The highest BCUT2D eigenvalue weighted by Gasteiger charge is 2.35. The number of nitrogens with zero attached hydrogens (tertiary/aromatic N) is 4. The third-order valence-electron chi connectivity index (χ3n) is 13.7. The fraction of sp³-hybridized carbons (Fsp3) is 0.327. The maximum absolute atomic E-state index is 11.9. The Balaban J connectivity index is 1.25. The van der Waals surface area contributed by atoms with E-state index >= 15 is 0 Å². The van der Waals surface area contributed by atoms with Gasteiger partial charge < -0.3 is 0 Å². The van der Waals surface area contributed by atoms with Gasteiger partial charge in [0.15, 0.2) is 0 Å². The van der Waals surface area contributed by atoms with Crippen LogP contribution in [0.5, 0.6) is 0 Å². The Morgan fingerprint density at radius 2 is 0.918 bits per heavy atom. The molecule has 0 amide bonds. The molecule has 0 atom stereocenters. The SMILES string of the molecule is CCCCc1c2c(nc3c1CCc1c-3nc3c(c1-c1ccc([N+](=O)[O-])cc1)CCc1c-3nc3c(c1CCCC)CCC/C3=C\c1ccccc1)/C(=C/c1ccccc1)CCC2. The number of aromatic nitrogens is 3. The van der Waals surface area contributed by atoms with Gasteiger partial charge in [-0.3, -0.25) is 10.1 Å². The first-order chi connectivity index (χ1) is 30.0. The lowest BCUT2D eigenvalue weighted by atomic mass is 9.75. The standard InChI is InChI=1S/C55H54N4O2/c1-3-5-21-41-43-23-13-19-38(33-35-15-9-7-10-16-35)50(43)56-52-45(41)29-31-47-49(37-25-27-40(28-26-37)59(60)61)48-32-30-46-42(22-6-4-2)44-24-14-20-39(34-36-17-11-8-12-18-36)51(44)57-53(46)55(48)58-54(47)52/h7-12,15-18,25-28,33-34H,3-6,13-14,19-24,29-32H2,1-2H3/b38-33+,39-34+. The van der Waals surface area contributed by atoms with E-state index in [-0.39, 0.29) is 10.6 Å². The first kappa shape index (κ1) is 39.1.